The minimum atomic E-state index is -1.30. The highest BCUT2D eigenvalue weighted by Gasteiger charge is 2.28. The summed E-state index contributed by atoms with van der Waals surface area (Å²) in [6.07, 6.45) is 45.1. The van der Waals surface area contributed by atoms with Crippen molar-refractivity contribution in [2.24, 2.45) is 0 Å². The molecule has 0 aromatic carbocycles. The normalized spacial score (nSPS) is 14.6. The summed E-state index contributed by atoms with van der Waals surface area (Å²) < 4.78 is 0. The lowest BCUT2D eigenvalue weighted by molar-refractivity contribution is -0.132. The van der Waals surface area contributed by atoms with Crippen LogP contribution < -0.4 is 5.32 Å². The molecule has 6 nitrogen and oxygen atoms in total. The number of aliphatic hydroxyl groups is 4. The van der Waals surface area contributed by atoms with Gasteiger partial charge in [-0.05, 0) is 70.6 Å². The zero-order chi connectivity index (χ0) is 36.8. The molecule has 4 unspecified atom stereocenters. The van der Waals surface area contributed by atoms with Crippen LogP contribution in [0.2, 0.25) is 0 Å². The lowest BCUT2D eigenvalue weighted by Crippen LogP contribution is -2.53. The molecule has 4 atom stereocenters. The van der Waals surface area contributed by atoms with E-state index in [4.69, 9.17) is 0 Å². The molecule has 6 heteroatoms. The van der Waals surface area contributed by atoms with Gasteiger partial charge in [-0.25, -0.2) is 0 Å². The second kappa shape index (κ2) is 38.8. The number of aliphatic hydroxyl groups excluding tert-OH is 4. The maximum absolute atomic E-state index is 12.4. The first-order valence-corrected chi connectivity index (χ1v) is 21.4. The average molecular weight is 706 g/mol. The van der Waals surface area contributed by atoms with Crippen LogP contribution in [0.3, 0.4) is 0 Å². The largest absolute Gasteiger partial charge is 0.394 e. The number of amides is 1. The van der Waals surface area contributed by atoms with E-state index in [1.54, 1.807) is 0 Å². The van der Waals surface area contributed by atoms with Crippen molar-refractivity contribution in [3.63, 3.8) is 0 Å². The van der Waals surface area contributed by atoms with Crippen LogP contribution in [0.25, 0.3) is 0 Å². The average Bonchev–Trinajstić information content (AvgIpc) is 3.12. The predicted molar refractivity (Wildman–Crippen MR) is 214 cm³/mol. The van der Waals surface area contributed by atoms with Crippen molar-refractivity contribution in [1.29, 1.82) is 0 Å². The van der Waals surface area contributed by atoms with E-state index in [0.29, 0.717) is 19.3 Å². The summed E-state index contributed by atoms with van der Waals surface area (Å²) in [4.78, 5) is 12.4. The van der Waals surface area contributed by atoms with Crippen molar-refractivity contribution in [1.82, 2.24) is 5.32 Å². The van der Waals surface area contributed by atoms with Gasteiger partial charge >= 0.3 is 0 Å². The van der Waals surface area contributed by atoms with E-state index in [-0.39, 0.29) is 6.42 Å². The number of nitrogens with one attached hydrogen (secondary N) is 1. The second-order valence-corrected chi connectivity index (χ2v) is 14.7. The first kappa shape index (κ1) is 48.5. The fourth-order valence-corrected chi connectivity index (χ4v) is 6.36. The standard InChI is InChI=1S/C44H83NO5/c1-3-5-7-9-11-13-14-15-16-17-18-19-20-21-22-23-24-25-26-27-28-29-30-32-33-35-37-41(47)43(49)40(39-46)45-44(50)42(48)38-36-34-31-12-10-8-6-4-2/h26-27,30-32,34,40-43,46-49H,3-25,28-29,33,35-39H2,1-2H3,(H,45,50)/b27-26+,32-30+,34-31-. The van der Waals surface area contributed by atoms with Gasteiger partial charge in [0.2, 0.25) is 5.91 Å². The van der Waals surface area contributed by atoms with Gasteiger partial charge in [-0.3, -0.25) is 4.79 Å². The van der Waals surface area contributed by atoms with Gasteiger partial charge < -0.3 is 25.7 Å². The van der Waals surface area contributed by atoms with E-state index in [0.717, 1.165) is 32.1 Å². The first-order chi connectivity index (χ1) is 24.5. The Balaban J connectivity index is 3.72. The molecule has 0 saturated heterocycles. The maximum Gasteiger partial charge on any atom is 0.249 e. The van der Waals surface area contributed by atoms with Gasteiger partial charge in [0.1, 0.15) is 12.2 Å². The molecule has 1 amide bonds. The summed E-state index contributed by atoms with van der Waals surface area (Å²) in [6, 6.07) is -1.02. The highest BCUT2D eigenvalue weighted by molar-refractivity contribution is 5.80. The smallest absolute Gasteiger partial charge is 0.249 e. The number of rotatable bonds is 38. The summed E-state index contributed by atoms with van der Waals surface area (Å²) in [5.41, 5.74) is 0. The number of unbranched alkanes of at least 4 members (excludes halogenated alkanes) is 23. The lowest BCUT2D eigenvalue weighted by Gasteiger charge is -2.27. The van der Waals surface area contributed by atoms with E-state index >= 15 is 0 Å². The Hall–Kier alpha value is -1.47. The SMILES string of the molecule is CCCCCC/C=C\CCC(O)C(=O)NC(CO)C(O)C(O)CCC/C=C/CC/C=C/CCCCCCCCCCCCCCCCCCC. The van der Waals surface area contributed by atoms with Crippen molar-refractivity contribution in [2.45, 2.75) is 231 Å². The highest BCUT2D eigenvalue weighted by atomic mass is 16.3. The van der Waals surface area contributed by atoms with Crippen LogP contribution >= 0.6 is 0 Å². The molecule has 0 spiro atoms. The summed E-state index contributed by atoms with van der Waals surface area (Å²) in [6.45, 7) is 3.96. The van der Waals surface area contributed by atoms with Crippen molar-refractivity contribution in [3.8, 4) is 0 Å². The third-order valence-corrected chi connectivity index (χ3v) is 9.81. The van der Waals surface area contributed by atoms with E-state index in [1.807, 2.05) is 6.08 Å². The Morgan fingerprint density at radius 1 is 0.480 bits per heavy atom. The fourth-order valence-electron chi connectivity index (χ4n) is 6.36. The van der Waals surface area contributed by atoms with E-state index in [1.165, 1.54) is 135 Å². The molecular weight excluding hydrogens is 622 g/mol. The molecule has 0 saturated carbocycles. The molecule has 50 heavy (non-hydrogen) atoms. The molecule has 0 aliphatic carbocycles. The van der Waals surface area contributed by atoms with E-state index in [9.17, 15) is 25.2 Å². The molecule has 294 valence electrons. The fraction of sp³-hybridized carbons (Fsp3) is 0.841. The Labute approximate surface area is 309 Å². The van der Waals surface area contributed by atoms with Gasteiger partial charge in [0.05, 0.1) is 18.8 Å². The van der Waals surface area contributed by atoms with Gasteiger partial charge in [0.15, 0.2) is 0 Å². The summed E-state index contributed by atoms with van der Waals surface area (Å²) in [5, 5.41) is 43.3. The summed E-state index contributed by atoms with van der Waals surface area (Å²) in [7, 11) is 0. The molecule has 0 aliphatic heterocycles. The summed E-state index contributed by atoms with van der Waals surface area (Å²) >= 11 is 0. The maximum atomic E-state index is 12.4. The van der Waals surface area contributed by atoms with Crippen LogP contribution in [0.4, 0.5) is 0 Å². The van der Waals surface area contributed by atoms with Crippen LogP contribution in [-0.4, -0.2) is 57.3 Å². The van der Waals surface area contributed by atoms with Crippen LogP contribution in [0, 0.1) is 0 Å². The number of carbonyl (C=O) groups excluding carboxylic acids is 1. The molecule has 0 rings (SSSR count). The number of hydrogen-bond donors (Lipinski definition) is 5. The molecule has 0 bridgehead atoms. The zero-order valence-electron chi connectivity index (χ0n) is 32.9. The first-order valence-electron chi connectivity index (χ1n) is 21.4. The quantitative estimate of drug-likeness (QED) is 0.0324. The minimum Gasteiger partial charge on any atom is -0.394 e. The molecule has 0 aromatic heterocycles. The second-order valence-electron chi connectivity index (χ2n) is 14.7. The molecule has 0 fully saturated rings. The molecule has 0 aromatic rings. The lowest BCUT2D eigenvalue weighted by atomic mass is 10.0. The number of allylic oxidation sites excluding steroid dienone is 6. The Bertz CT molecular complexity index is 797. The Kier molecular flexibility index (Phi) is 37.6. The highest BCUT2D eigenvalue weighted by Crippen LogP contribution is 2.15. The van der Waals surface area contributed by atoms with Crippen molar-refractivity contribution in [3.05, 3.63) is 36.5 Å². The number of hydrogen-bond acceptors (Lipinski definition) is 5. The third-order valence-electron chi connectivity index (χ3n) is 9.81. The van der Waals surface area contributed by atoms with Gasteiger partial charge in [-0.15, -0.1) is 0 Å². The van der Waals surface area contributed by atoms with Crippen LogP contribution in [0.5, 0.6) is 0 Å². The molecule has 0 radical (unpaired) electrons. The van der Waals surface area contributed by atoms with Crippen LogP contribution in [0.15, 0.2) is 36.5 Å². The third kappa shape index (κ3) is 32.4. The van der Waals surface area contributed by atoms with Gasteiger partial charge in [-0.2, -0.15) is 0 Å². The van der Waals surface area contributed by atoms with Crippen molar-refractivity contribution >= 4 is 5.91 Å². The minimum absolute atomic E-state index is 0.274. The Morgan fingerprint density at radius 2 is 0.840 bits per heavy atom. The molecule has 0 aliphatic rings. The van der Waals surface area contributed by atoms with Gasteiger partial charge in [0, 0.05) is 0 Å². The van der Waals surface area contributed by atoms with Gasteiger partial charge in [0.25, 0.3) is 0 Å². The molecule has 5 N–H and O–H groups in total. The number of carbonyl (C=O) groups is 1. The van der Waals surface area contributed by atoms with Crippen LogP contribution in [0.1, 0.15) is 206 Å². The topological polar surface area (TPSA) is 110 Å². The zero-order valence-corrected chi connectivity index (χ0v) is 32.9. The monoisotopic (exact) mass is 706 g/mol. The molecule has 0 heterocycles. The summed E-state index contributed by atoms with van der Waals surface area (Å²) in [5.74, 6) is -0.635. The molecular formula is C44H83NO5. The van der Waals surface area contributed by atoms with E-state index in [2.05, 4.69) is 49.5 Å². The Morgan fingerprint density at radius 3 is 1.28 bits per heavy atom. The van der Waals surface area contributed by atoms with Gasteiger partial charge in [-0.1, -0.05) is 172 Å². The van der Waals surface area contributed by atoms with Crippen molar-refractivity contribution < 1.29 is 25.2 Å². The van der Waals surface area contributed by atoms with E-state index < -0.39 is 36.9 Å². The van der Waals surface area contributed by atoms with Crippen molar-refractivity contribution in [2.75, 3.05) is 6.61 Å². The predicted octanol–water partition coefficient (Wildman–Crippen LogP) is 11.0. The van der Waals surface area contributed by atoms with Crippen LogP contribution in [-0.2, 0) is 4.79 Å².